The summed E-state index contributed by atoms with van der Waals surface area (Å²) in [5.41, 5.74) is 1.15. The third kappa shape index (κ3) is 3.92. The van der Waals surface area contributed by atoms with Crippen molar-refractivity contribution < 1.29 is 0 Å². The Morgan fingerprint density at radius 1 is 1.35 bits per heavy atom. The van der Waals surface area contributed by atoms with Gasteiger partial charge in [0.2, 0.25) is 0 Å². The van der Waals surface area contributed by atoms with Gasteiger partial charge in [-0.3, -0.25) is 0 Å². The summed E-state index contributed by atoms with van der Waals surface area (Å²) in [6.45, 7) is 10.7. The molecule has 1 aromatic heterocycles. The summed E-state index contributed by atoms with van der Waals surface area (Å²) in [5, 5.41) is 3.57. The summed E-state index contributed by atoms with van der Waals surface area (Å²) in [5.74, 6) is 2.00. The van der Waals surface area contributed by atoms with Crippen LogP contribution < -0.4 is 10.2 Å². The maximum absolute atomic E-state index is 4.67. The normalized spacial score (nSPS) is 19.6. The quantitative estimate of drug-likeness (QED) is 0.898. The van der Waals surface area contributed by atoms with E-state index in [1.165, 1.54) is 19.3 Å². The number of hydrogen-bond acceptors (Lipinski definition) is 4. The van der Waals surface area contributed by atoms with Crippen molar-refractivity contribution in [2.75, 3.05) is 18.0 Å². The fraction of sp³-hybridized carbons (Fsp3) is 0.750. The van der Waals surface area contributed by atoms with Crippen LogP contribution in [0.3, 0.4) is 0 Å². The lowest BCUT2D eigenvalue weighted by atomic mass is 10.0. The van der Waals surface area contributed by atoms with E-state index in [1.54, 1.807) is 0 Å². The lowest BCUT2D eigenvalue weighted by molar-refractivity contribution is 0.418. The Morgan fingerprint density at radius 3 is 2.85 bits per heavy atom. The largest absolute Gasteiger partial charge is 0.352 e. The highest BCUT2D eigenvalue weighted by Crippen LogP contribution is 2.23. The summed E-state index contributed by atoms with van der Waals surface area (Å²) in [7, 11) is 0. The topological polar surface area (TPSA) is 41.0 Å². The smallest absolute Gasteiger partial charge is 0.132 e. The summed E-state index contributed by atoms with van der Waals surface area (Å²) in [6.07, 6.45) is 4.82. The monoisotopic (exact) mass is 276 g/mol. The predicted octanol–water partition coefficient (Wildman–Crippen LogP) is 2.70. The molecule has 0 saturated carbocycles. The van der Waals surface area contributed by atoms with Crippen LogP contribution in [0.15, 0.2) is 6.07 Å². The van der Waals surface area contributed by atoms with Crippen molar-refractivity contribution in [2.24, 2.45) is 0 Å². The van der Waals surface area contributed by atoms with Crippen LogP contribution in [0.4, 0.5) is 5.82 Å². The van der Waals surface area contributed by atoms with Crippen LogP contribution in [0.5, 0.6) is 0 Å². The zero-order valence-corrected chi connectivity index (χ0v) is 13.3. The molecular weight excluding hydrogens is 248 g/mol. The number of nitrogens with zero attached hydrogens (tertiary/aromatic N) is 3. The van der Waals surface area contributed by atoms with Gasteiger partial charge in [-0.15, -0.1) is 0 Å². The Bertz CT molecular complexity index is 430. The second-order valence-electron chi connectivity index (χ2n) is 6.02. The Kier molecular flexibility index (Phi) is 5.35. The Hall–Kier alpha value is -1.16. The molecule has 0 bridgehead atoms. The van der Waals surface area contributed by atoms with Crippen LogP contribution in [0.2, 0.25) is 0 Å². The van der Waals surface area contributed by atoms with E-state index >= 15 is 0 Å². The molecule has 1 unspecified atom stereocenters. The third-order valence-corrected chi connectivity index (χ3v) is 3.92. The highest BCUT2D eigenvalue weighted by Gasteiger charge is 2.24. The number of nitrogens with one attached hydrogen (secondary N) is 1. The van der Waals surface area contributed by atoms with Gasteiger partial charge in [-0.05, 0) is 32.6 Å². The van der Waals surface area contributed by atoms with Crippen LogP contribution >= 0.6 is 0 Å². The number of rotatable bonds is 5. The van der Waals surface area contributed by atoms with E-state index in [4.69, 9.17) is 0 Å². The van der Waals surface area contributed by atoms with Crippen molar-refractivity contribution in [3.8, 4) is 0 Å². The minimum absolute atomic E-state index is 0.539. The first-order valence-corrected chi connectivity index (χ1v) is 7.94. The second-order valence-corrected chi connectivity index (χ2v) is 6.02. The Morgan fingerprint density at radius 2 is 2.15 bits per heavy atom. The van der Waals surface area contributed by atoms with Crippen molar-refractivity contribution in [1.29, 1.82) is 0 Å². The average molecular weight is 276 g/mol. The van der Waals surface area contributed by atoms with Crippen LogP contribution in [0.1, 0.15) is 51.6 Å². The first-order chi connectivity index (χ1) is 9.60. The van der Waals surface area contributed by atoms with Gasteiger partial charge in [-0.2, -0.15) is 0 Å². The van der Waals surface area contributed by atoms with Crippen LogP contribution in [-0.4, -0.2) is 35.1 Å². The van der Waals surface area contributed by atoms with Gasteiger partial charge in [0.1, 0.15) is 11.6 Å². The molecule has 0 spiro atoms. The Labute approximate surface area is 123 Å². The van der Waals surface area contributed by atoms with Crippen LogP contribution in [0, 0.1) is 6.92 Å². The van der Waals surface area contributed by atoms with Gasteiger partial charge >= 0.3 is 0 Å². The number of anilines is 1. The number of hydrogen-bond donors (Lipinski definition) is 1. The van der Waals surface area contributed by atoms with Crippen LogP contribution in [0.25, 0.3) is 0 Å². The molecule has 112 valence electrons. The van der Waals surface area contributed by atoms with Crippen molar-refractivity contribution in [3.63, 3.8) is 0 Å². The predicted molar refractivity (Wildman–Crippen MR) is 84.3 cm³/mol. The third-order valence-electron chi connectivity index (χ3n) is 3.92. The molecule has 1 aromatic rings. The van der Waals surface area contributed by atoms with E-state index in [0.29, 0.717) is 12.1 Å². The van der Waals surface area contributed by atoms with Crippen molar-refractivity contribution >= 4 is 5.82 Å². The van der Waals surface area contributed by atoms with E-state index in [1.807, 2.05) is 6.92 Å². The maximum atomic E-state index is 4.67. The lowest BCUT2D eigenvalue weighted by Crippen LogP contribution is -2.47. The first kappa shape index (κ1) is 15.2. The standard InChI is InChI=1S/C16H28N4/c1-5-14-10-16(19-13(4)18-14)20-9-7-6-8-15(20)11-17-12(2)3/h10,12,15,17H,5-9,11H2,1-4H3. The molecule has 0 aliphatic carbocycles. The molecule has 1 atom stereocenters. The summed E-state index contributed by atoms with van der Waals surface area (Å²) >= 11 is 0. The highest BCUT2D eigenvalue weighted by molar-refractivity contribution is 5.42. The molecule has 4 heteroatoms. The average Bonchev–Trinajstić information content (AvgIpc) is 2.44. The molecule has 1 aliphatic heterocycles. The minimum atomic E-state index is 0.539. The molecule has 0 radical (unpaired) electrons. The molecule has 1 fully saturated rings. The lowest BCUT2D eigenvalue weighted by Gasteiger charge is -2.37. The Balaban J connectivity index is 2.16. The van der Waals surface area contributed by atoms with E-state index in [9.17, 15) is 0 Å². The van der Waals surface area contributed by atoms with E-state index in [2.05, 4.69) is 47.0 Å². The van der Waals surface area contributed by atoms with Gasteiger partial charge < -0.3 is 10.2 Å². The van der Waals surface area contributed by atoms with Gasteiger partial charge in [0, 0.05) is 36.9 Å². The molecule has 1 saturated heterocycles. The van der Waals surface area contributed by atoms with Crippen molar-refractivity contribution in [2.45, 2.75) is 65.5 Å². The van der Waals surface area contributed by atoms with Gasteiger partial charge in [0.25, 0.3) is 0 Å². The first-order valence-electron chi connectivity index (χ1n) is 7.94. The van der Waals surface area contributed by atoms with Crippen molar-refractivity contribution in [3.05, 3.63) is 17.6 Å². The molecule has 2 heterocycles. The van der Waals surface area contributed by atoms with E-state index in [-0.39, 0.29) is 0 Å². The molecule has 4 nitrogen and oxygen atoms in total. The van der Waals surface area contributed by atoms with E-state index < -0.39 is 0 Å². The second kappa shape index (κ2) is 7.02. The summed E-state index contributed by atoms with van der Waals surface area (Å²) in [6, 6.07) is 3.27. The van der Waals surface area contributed by atoms with Gasteiger partial charge in [0.15, 0.2) is 0 Å². The maximum Gasteiger partial charge on any atom is 0.132 e. The summed E-state index contributed by atoms with van der Waals surface area (Å²) in [4.78, 5) is 11.6. The number of aromatic nitrogens is 2. The molecule has 0 amide bonds. The zero-order valence-electron chi connectivity index (χ0n) is 13.3. The molecule has 1 N–H and O–H groups in total. The SMILES string of the molecule is CCc1cc(N2CCCCC2CNC(C)C)nc(C)n1. The minimum Gasteiger partial charge on any atom is -0.352 e. The fourth-order valence-electron chi connectivity index (χ4n) is 2.83. The van der Waals surface area contributed by atoms with Crippen molar-refractivity contribution in [1.82, 2.24) is 15.3 Å². The van der Waals surface area contributed by atoms with Gasteiger partial charge in [0.05, 0.1) is 0 Å². The van der Waals surface area contributed by atoms with Gasteiger partial charge in [-0.1, -0.05) is 20.8 Å². The van der Waals surface area contributed by atoms with Crippen LogP contribution in [-0.2, 0) is 6.42 Å². The number of piperidine rings is 1. The molecule has 2 rings (SSSR count). The molecule has 0 aromatic carbocycles. The molecular formula is C16H28N4. The summed E-state index contributed by atoms with van der Waals surface area (Å²) < 4.78 is 0. The van der Waals surface area contributed by atoms with Gasteiger partial charge in [-0.25, -0.2) is 9.97 Å². The highest BCUT2D eigenvalue weighted by atomic mass is 15.2. The fourth-order valence-corrected chi connectivity index (χ4v) is 2.83. The van der Waals surface area contributed by atoms with E-state index in [0.717, 1.165) is 36.8 Å². The zero-order chi connectivity index (χ0) is 14.5. The number of aryl methyl sites for hydroxylation is 2. The molecule has 20 heavy (non-hydrogen) atoms. The molecule has 1 aliphatic rings.